The number of hydrogen-bond donors (Lipinski definition) is 2. The Hall–Kier alpha value is -1.88. The quantitative estimate of drug-likeness (QED) is 0.871. The molecule has 2 aromatic rings. The molecule has 20 heavy (non-hydrogen) atoms. The van der Waals surface area contributed by atoms with E-state index in [-0.39, 0.29) is 11.9 Å². The molecule has 2 fully saturated rings. The van der Waals surface area contributed by atoms with Crippen LogP contribution in [0.2, 0.25) is 0 Å². The Balaban J connectivity index is 1.61. The van der Waals surface area contributed by atoms with Gasteiger partial charge in [-0.05, 0) is 43.9 Å². The summed E-state index contributed by atoms with van der Waals surface area (Å²) in [6.45, 7) is 3.05. The van der Waals surface area contributed by atoms with Crippen molar-refractivity contribution in [2.75, 3.05) is 6.54 Å². The molecule has 0 aromatic carbocycles. The first kappa shape index (κ1) is 11.9. The summed E-state index contributed by atoms with van der Waals surface area (Å²) in [6.07, 6.45) is 5.57. The van der Waals surface area contributed by atoms with Crippen molar-refractivity contribution < 1.29 is 9.21 Å². The lowest BCUT2D eigenvalue weighted by atomic mass is 10.1. The number of rotatable bonds is 2. The van der Waals surface area contributed by atoms with Gasteiger partial charge in [0.2, 0.25) is 0 Å². The van der Waals surface area contributed by atoms with Crippen LogP contribution >= 0.6 is 0 Å². The molecule has 3 atom stereocenters. The molecule has 5 nitrogen and oxygen atoms in total. The van der Waals surface area contributed by atoms with Gasteiger partial charge in [-0.1, -0.05) is 0 Å². The number of furan rings is 1. The summed E-state index contributed by atoms with van der Waals surface area (Å²) < 4.78 is 5.49. The molecule has 2 aliphatic rings. The highest BCUT2D eigenvalue weighted by atomic mass is 16.3. The van der Waals surface area contributed by atoms with Crippen LogP contribution in [0.1, 0.15) is 28.9 Å². The molecule has 1 aliphatic carbocycles. The molecular formula is C15H17N3O2. The zero-order chi connectivity index (χ0) is 13.7. The van der Waals surface area contributed by atoms with Gasteiger partial charge in [-0.15, -0.1) is 0 Å². The lowest BCUT2D eigenvalue weighted by Gasteiger charge is -2.23. The Bertz CT molecular complexity index is 679. The normalized spacial score (nSPS) is 28.1. The van der Waals surface area contributed by atoms with Crippen molar-refractivity contribution in [2.45, 2.75) is 31.8 Å². The second kappa shape index (κ2) is 4.31. The highest BCUT2D eigenvalue weighted by molar-refractivity contribution is 6.03. The maximum atomic E-state index is 12.4. The van der Waals surface area contributed by atoms with Crippen LogP contribution in [0.25, 0.3) is 11.0 Å². The molecule has 2 aromatic heterocycles. The zero-order valence-corrected chi connectivity index (χ0v) is 11.3. The largest absolute Gasteiger partial charge is 0.462 e. The van der Waals surface area contributed by atoms with Gasteiger partial charge in [0.1, 0.15) is 0 Å². The van der Waals surface area contributed by atoms with Crippen molar-refractivity contribution >= 4 is 16.9 Å². The van der Waals surface area contributed by atoms with Crippen molar-refractivity contribution in [3.8, 4) is 0 Å². The van der Waals surface area contributed by atoms with Crippen LogP contribution in [0, 0.1) is 12.8 Å². The van der Waals surface area contributed by atoms with Gasteiger partial charge in [-0.2, -0.15) is 0 Å². The van der Waals surface area contributed by atoms with Crippen LogP contribution in [0.15, 0.2) is 22.9 Å². The first-order valence-electron chi connectivity index (χ1n) is 7.09. The number of fused-ring (bicyclic) bond motifs is 3. The van der Waals surface area contributed by atoms with E-state index < -0.39 is 0 Å². The van der Waals surface area contributed by atoms with Gasteiger partial charge in [0.25, 0.3) is 5.91 Å². The average molecular weight is 271 g/mol. The summed E-state index contributed by atoms with van der Waals surface area (Å²) in [5, 5.41) is 7.50. The predicted molar refractivity (Wildman–Crippen MR) is 74.5 cm³/mol. The molecule has 1 amide bonds. The third kappa shape index (κ3) is 1.73. The SMILES string of the molecule is Cc1coc2c(C(=O)NC3CC4CNC3C4)nccc12. The van der Waals surface area contributed by atoms with Crippen molar-refractivity contribution in [3.05, 3.63) is 29.8 Å². The van der Waals surface area contributed by atoms with Crippen LogP contribution in [-0.2, 0) is 0 Å². The first-order valence-corrected chi connectivity index (χ1v) is 7.09. The number of piperidine rings is 1. The molecule has 2 N–H and O–H groups in total. The lowest BCUT2D eigenvalue weighted by Crippen LogP contribution is -2.48. The number of pyridine rings is 1. The maximum Gasteiger partial charge on any atom is 0.274 e. The Morgan fingerprint density at radius 1 is 1.50 bits per heavy atom. The van der Waals surface area contributed by atoms with Crippen molar-refractivity contribution in [3.63, 3.8) is 0 Å². The van der Waals surface area contributed by atoms with Gasteiger partial charge in [-0.3, -0.25) is 4.79 Å². The predicted octanol–water partition coefficient (Wildman–Crippen LogP) is 1.62. The average Bonchev–Trinajstić information content (AvgIpc) is 3.14. The molecule has 104 valence electrons. The summed E-state index contributed by atoms with van der Waals surface area (Å²) in [6, 6.07) is 2.51. The fourth-order valence-corrected chi connectivity index (χ4v) is 3.50. The van der Waals surface area contributed by atoms with E-state index in [0.29, 0.717) is 23.2 Å². The van der Waals surface area contributed by atoms with Gasteiger partial charge in [0.15, 0.2) is 11.3 Å². The summed E-state index contributed by atoms with van der Waals surface area (Å²) in [5.74, 6) is 0.573. The van der Waals surface area contributed by atoms with E-state index in [4.69, 9.17) is 4.42 Å². The minimum absolute atomic E-state index is 0.135. The number of carbonyl (C=O) groups is 1. The summed E-state index contributed by atoms with van der Waals surface area (Å²) in [5.41, 5.74) is 2.00. The van der Waals surface area contributed by atoms with Gasteiger partial charge < -0.3 is 15.1 Å². The minimum atomic E-state index is -0.135. The zero-order valence-electron chi connectivity index (χ0n) is 11.3. The molecule has 0 spiro atoms. The molecule has 4 rings (SSSR count). The topological polar surface area (TPSA) is 67.2 Å². The molecule has 0 radical (unpaired) electrons. The van der Waals surface area contributed by atoms with Crippen molar-refractivity contribution in [1.29, 1.82) is 0 Å². The van der Waals surface area contributed by atoms with Crippen LogP contribution in [0.3, 0.4) is 0 Å². The standard InChI is InChI=1S/C15H17N3O2/c1-8-7-20-14-10(8)2-3-16-13(14)15(19)18-12-5-9-4-11(12)17-6-9/h2-3,7,9,11-12,17H,4-6H2,1H3,(H,18,19). The Morgan fingerprint density at radius 2 is 2.40 bits per heavy atom. The number of hydrogen-bond acceptors (Lipinski definition) is 4. The first-order chi connectivity index (χ1) is 9.72. The Kier molecular flexibility index (Phi) is 2.57. The van der Waals surface area contributed by atoms with E-state index in [9.17, 15) is 4.79 Å². The van der Waals surface area contributed by atoms with Crippen LogP contribution in [0.5, 0.6) is 0 Å². The number of aromatic nitrogens is 1. The van der Waals surface area contributed by atoms with E-state index in [0.717, 1.165) is 23.9 Å². The fourth-order valence-electron chi connectivity index (χ4n) is 3.50. The number of aryl methyl sites for hydroxylation is 1. The molecule has 3 unspecified atom stereocenters. The molecular weight excluding hydrogens is 254 g/mol. The molecule has 5 heteroatoms. The second-order valence-electron chi connectivity index (χ2n) is 5.89. The third-order valence-corrected chi connectivity index (χ3v) is 4.54. The molecule has 3 heterocycles. The number of amides is 1. The van der Waals surface area contributed by atoms with Gasteiger partial charge in [0, 0.05) is 23.7 Å². The van der Waals surface area contributed by atoms with Crippen LogP contribution in [0.4, 0.5) is 0 Å². The lowest BCUT2D eigenvalue weighted by molar-refractivity contribution is 0.0924. The minimum Gasteiger partial charge on any atom is -0.462 e. The van der Waals surface area contributed by atoms with Crippen molar-refractivity contribution in [2.24, 2.45) is 5.92 Å². The maximum absolute atomic E-state index is 12.4. The van der Waals surface area contributed by atoms with Crippen molar-refractivity contribution in [1.82, 2.24) is 15.6 Å². The molecule has 1 saturated heterocycles. The summed E-state index contributed by atoms with van der Waals surface area (Å²) in [4.78, 5) is 16.6. The third-order valence-electron chi connectivity index (χ3n) is 4.54. The smallest absolute Gasteiger partial charge is 0.274 e. The second-order valence-corrected chi connectivity index (χ2v) is 5.89. The highest BCUT2D eigenvalue weighted by Gasteiger charge is 2.40. The monoisotopic (exact) mass is 271 g/mol. The van der Waals surface area contributed by atoms with Crippen LogP contribution in [-0.4, -0.2) is 29.5 Å². The van der Waals surface area contributed by atoms with E-state index >= 15 is 0 Å². The molecule has 1 saturated carbocycles. The Morgan fingerprint density at radius 3 is 3.15 bits per heavy atom. The summed E-state index contributed by atoms with van der Waals surface area (Å²) >= 11 is 0. The molecule has 2 bridgehead atoms. The van der Waals surface area contributed by atoms with Gasteiger partial charge in [-0.25, -0.2) is 4.98 Å². The van der Waals surface area contributed by atoms with Gasteiger partial charge >= 0.3 is 0 Å². The fraction of sp³-hybridized carbons (Fsp3) is 0.467. The van der Waals surface area contributed by atoms with Gasteiger partial charge in [0.05, 0.1) is 6.26 Å². The Labute approximate surface area is 116 Å². The molecule has 1 aliphatic heterocycles. The highest BCUT2D eigenvalue weighted by Crippen LogP contribution is 2.31. The number of nitrogens with one attached hydrogen (secondary N) is 2. The summed E-state index contributed by atoms with van der Waals surface area (Å²) in [7, 11) is 0. The number of carbonyl (C=O) groups excluding carboxylic acids is 1. The van der Waals surface area contributed by atoms with Crippen LogP contribution < -0.4 is 10.6 Å². The van der Waals surface area contributed by atoms with E-state index in [1.807, 2.05) is 13.0 Å². The van der Waals surface area contributed by atoms with E-state index in [1.165, 1.54) is 6.42 Å². The number of nitrogens with zero attached hydrogens (tertiary/aromatic N) is 1. The van der Waals surface area contributed by atoms with E-state index in [1.54, 1.807) is 12.5 Å². The van der Waals surface area contributed by atoms with E-state index in [2.05, 4.69) is 15.6 Å².